The molecule has 0 aromatic carbocycles. The molecule has 0 saturated heterocycles. The molecular formula is C16H27N3. The molecule has 19 heavy (non-hydrogen) atoms. The zero-order valence-electron chi connectivity index (χ0n) is 12.5. The summed E-state index contributed by atoms with van der Waals surface area (Å²) in [6.45, 7) is 9.92. The highest BCUT2D eigenvalue weighted by Gasteiger charge is 2.25. The molecule has 1 saturated carbocycles. The number of pyridine rings is 1. The van der Waals surface area contributed by atoms with Crippen LogP contribution in [0.15, 0.2) is 18.2 Å². The summed E-state index contributed by atoms with van der Waals surface area (Å²) in [4.78, 5) is 7.25. The van der Waals surface area contributed by atoms with Crippen LogP contribution in [0.25, 0.3) is 0 Å². The van der Waals surface area contributed by atoms with Gasteiger partial charge in [0.1, 0.15) is 5.82 Å². The lowest BCUT2D eigenvalue weighted by atomic mass is 10.2. The number of nitrogens with one attached hydrogen (secondary N) is 1. The highest BCUT2D eigenvalue weighted by molar-refractivity contribution is 5.35. The van der Waals surface area contributed by atoms with E-state index in [1.54, 1.807) is 0 Å². The van der Waals surface area contributed by atoms with Crippen molar-refractivity contribution in [2.24, 2.45) is 5.92 Å². The Morgan fingerprint density at radius 1 is 1.37 bits per heavy atom. The molecule has 0 bridgehead atoms. The van der Waals surface area contributed by atoms with Gasteiger partial charge in [0.15, 0.2) is 0 Å². The van der Waals surface area contributed by atoms with E-state index in [0.29, 0.717) is 6.04 Å². The quantitative estimate of drug-likeness (QED) is 0.776. The lowest BCUT2D eigenvalue weighted by Gasteiger charge is -2.26. The first-order chi connectivity index (χ1) is 9.19. The SMILES string of the molecule is CCCNc1cccc(CN(CC2CC2)C(C)C)n1. The van der Waals surface area contributed by atoms with Crippen molar-refractivity contribution in [3.8, 4) is 0 Å². The largest absolute Gasteiger partial charge is 0.370 e. The molecule has 1 aliphatic carbocycles. The van der Waals surface area contributed by atoms with Crippen LogP contribution in [0.1, 0.15) is 45.7 Å². The van der Waals surface area contributed by atoms with Crippen LogP contribution in [-0.4, -0.2) is 29.0 Å². The molecule has 1 aromatic heterocycles. The van der Waals surface area contributed by atoms with Crippen molar-refractivity contribution in [1.29, 1.82) is 0 Å². The van der Waals surface area contributed by atoms with Gasteiger partial charge in [-0.3, -0.25) is 4.90 Å². The monoisotopic (exact) mass is 261 g/mol. The van der Waals surface area contributed by atoms with Gasteiger partial charge in [0.2, 0.25) is 0 Å². The Morgan fingerprint density at radius 2 is 2.16 bits per heavy atom. The van der Waals surface area contributed by atoms with Gasteiger partial charge in [0, 0.05) is 25.7 Å². The molecule has 0 atom stereocenters. The molecule has 1 heterocycles. The van der Waals surface area contributed by atoms with Crippen molar-refractivity contribution in [3.63, 3.8) is 0 Å². The summed E-state index contributed by atoms with van der Waals surface area (Å²) in [6, 6.07) is 6.89. The van der Waals surface area contributed by atoms with Gasteiger partial charge in [-0.2, -0.15) is 0 Å². The van der Waals surface area contributed by atoms with Crippen molar-refractivity contribution in [1.82, 2.24) is 9.88 Å². The van der Waals surface area contributed by atoms with E-state index in [4.69, 9.17) is 4.98 Å². The minimum absolute atomic E-state index is 0.592. The summed E-state index contributed by atoms with van der Waals surface area (Å²) in [5, 5.41) is 3.36. The summed E-state index contributed by atoms with van der Waals surface area (Å²) in [5.74, 6) is 1.94. The molecule has 0 unspecified atom stereocenters. The zero-order valence-corrected chi connectivity index (χ0v) is 12.5. The lowest BCUT2D eigenvalue weighted by molar-refractivity contribution is 0.201. The Kier molecular flexibility index (Phi) is 5.20. The third-order valence-corrected chi connectivity index (χ3v) is 3.65. The predicted molar refractivity (Wildman–Crippen MR) is 81.3 cm³/mol. The van der Waals surface area contributed by atoms with E-state index in [-0.39, 0.29) is 0 Å². The second-order valence-corrected chi connectivity index (χ2v) is 5.91. The predicted octanol–water partition coefficient (Wildman–Crippen LogP) is 3.52. The van der Waals surface area contributed by atoms with Crippen molar-refractivity contribution in [2.45, 2.75) is 52.6 Å². The van der Waals surface area contributed by atoms with E-state index < -0.39 is 0 Å². The molecule has 1 N–H and O–H groups in total. The number of anilines is 1. The van der Waals surface area contributed by atoms with Crippen LogP contribution in [0, 0.1) is 5.92 Å². The molecule has 1 aromatic rings. The van der Waals surface area contributed by atoms with Crippen molar-refractivity contribution < 1.29 is 0 Å². The first kappa shape index (κ1) is 14.3. The van der Waals surface area contributed by atoms with Crippen molar-refractivity contribution >= 4 is 5.82 Å². The summed E-state index contributed by atoms with van der Waals surface area (Å²) in [5.41, 5.74) is 1.18. The molecule has 0 spiro atoms. The van der Waals surface area contributed by atoms with Crippen LogP contribution in [0.4, 0.5) is 5.82 Å². The molecule has 3 heteroatoms. The number of hydrogen-bond donors (Lipinski definition) is 1. The number of aromatic nitrogens is 1. The first-order valence-electron chi connectivity index (χ1n) is 7.63. The smallest absolute Gasteiger partial charge is 0.126 e. The fourth-order valence-corrected chi connectivity index (χ4v) is 2.22. The van der Waals surface area contributed by atoms with Crippen LogP contribution >= 0.6 is 0 Å². The van der Waals surface area contributed by atoms with E-state index in [1.165, 1.54) is 25.1 Å². The summed E-state index contributed by atoms with van der Waals surface area (Å²) >= 11 is 0. The van der Waals surface area contributed by atoms with Gasteiger partial charge in [0.05, 0.1) is 5.69 Å². The van der Waals surface area contributed by atoms with Crippen LogP contribution in [-0.2, 0) is 6.54 Å². The highest BCUT2D eigenvalue weighted by atomic mass is 15.2. The molecule has 106 valence electrons. The molecule has 2 rings (SSSR count). The fraction of sp³-hybridized carbons (Fsp3) is 0.688. The third-order valence-electron chi connectivity index (χ3n) is 3.65. The Bertz CT molecular complexity index is 385. The standard InChI is InChI=1S/C16H27N3/c1-4-10-17-16-7-5-6-15(18-16)12-19(13(2)3)11-14-8-9-14/h5-7,13-14H,4,8-12H2,1-3H3,(H,17,18). The van der Waals surface area contributed by atoms with Gasteiger partial charge in [0.25, 0.3) is 0 Å². The second kappa shape index (κ2) is 6.90. The summed E-state index contributed by atoms with van der Waals surface area (Å²) < 4.78 is 0. The van der Waals surface area contributed by atoms with Gasteiger partial charge in [-0.05, 0) is 51.2 Å². The lowest BCUT2D eigenvalue weighted by Crippen LogP contribution is -2.32. The maximum Gasteiger partial charge on any atom is 0.126 e. The van der Waals surface area contributed by atoms with Crippen molar-refractivity contribution in [2.75, 3.05) is 18.4 Å². The van der Waals surface area contributed by atoms with Gasteiger partial charge in [-0.25, -0.2) is 4.98 Å². The van der Waals surface area contributed by atoms with Gasteiger partial charge >= 0.3 is 0 Å². The first-order valence-corrected chi connectivity index (χ1v) is 7.63. The van der Waals surface area contributed by atoms with Crippen LogP contribution in [0.3, 0.4) is 0 Å². The molecule has 0 aliphatic heterocycles. The van der Waals surface area contributed by atoms with Gasteiger partial charge in [-0.15, -0.1) is 0 Å². The summed E-state index contributed by atoms with van der Waals surface area (Å²) in [6.07, 6.45) is 3.95. The average Bonchev–Trinajstić information content (AvgIpc) is 3.20. The number of rotatable bonds is 8. The molecule has 0 radical (unpaired) electrons. The highest BCUT2D eigenvalue weighted by Crippen LogP contribution is 2.30. The van der Waals surface area contributed by atoms with Crippen LogP contribution in [0.2, 0.25) is 0 Å². The van der Waals surface area contributed by atoms with E-state index >= 15 is 0 Å². The van der Waals surface area contributed by atoms with Gasteiger partial charge in [-0.1, -0.05) is 13.0 Å². The molecule has 1 fully saturated rings. The maximum absolute atomic E-state index is 4.71. The van der Waals surface area contributed by atoms with E-state index in [1.807, 2.05) is 0 Å². The average molecular weight is 261 g/mol. The molecular weight excluding hydrogens is 234 g/mol. The van der Waals surface area contributed by atoms with E-state index in [9.17, 15) is 0 Å². The van der Waals surface area contributed by atoms with Crippen molar-refractivity contribution in [3.05, 3.63) is 23.9 Å². The number of hydrogen-bond acceptors (Lipinski definition) is 3. The Labute approximate surface area is 117 Å². The normalized spacial score (nSPS) is 15.2. The van der Waals surface area contributed by atoms with Crippen LogP contribution in [0.5, 0.6) is 0 Å². The Balaban J connectivity index is 1.95. The molecule has 0 amide bonds. The molecule has 3 nitrogen and oxygen atoms in total. The Hall–Kier alpha value is -1.09. The molecule has 1 aliphatic rings. The van der Waals surface area contributed by atoms with E-state index in [0.717, 1.165) is 31.2 Å². The third kappa shape index (κ3) is 4.83. The fourth-order valence-electron chi connectivity index (χ4n) is 2.22. The Morgan fingerprint density at radius 3 is 2.79 bits per heavy atom. The summed E-state index contributed by atoms with van der Waals surface area (Å²) in [7, 11) is 0. The topological polar surface area (TPSA) is 28.2 Å². The second-order valence-electron chi connectivity index (χ2n) is 5.91. The van der Waals surface area contributed by atoms with Gasteiger partial charge < -0.3 is 5.32 Å². The minimum Gasteiger partial charge on any atom is -0.370 e. The zero-order chi connectivity index (χ0) is 13.7. The van der Waals surface area contributed by atoms with Crippen LogP contribution < -0.4 is 5.32 Å². The maximum atomic E-state index is 4.71. The minimum atomic E-state index is 0.592. The number of nitrogens with zero attached hydrogens (tertiary/aromatic N) is 2. The van der Waals surface area contributed by atoms with E-state index in [2.05, 4.69) is 49.2 Å².